The molecule has 0 saturated carbocycles. The molecule has 0 aromatic heterocycles. The summed E-state index contributed by atoms with van der Waals surface area (Å²) in [6.07, 6.45) is 5.44. The summed E-state index contributed by atoms with van der Waals surface area (Å²) in [5.74, 6) is 0.407. The van der Waals surface area contributed by atoms with E-state index in [1.807, 2.05) is 0 Å². The summed E-state index contributed by atoms with van der Waals surface area (Å²) >= 11 is 0. The first kappa shape index (κ1) is 11.6. The van der Waals surface area contributed by atoms with Crippen LogP contribution in [-0.2, 0) is 14.3 Å². The van der Waals surface area contributed by atoms with Crippen LogP contribution >= 0.6 is 0 Å². The predicted molar refractivity (Wildman–Crippen MR) is 58.2 cm³/mol. The van der Waals surface area contributed by atoms with E-state index in [-0.39, 0.29) is 12.1 Å². The number of hydrogen-bond donors (Lipinski definition) is 0. The van der Waals surface area contributed by atoms with Gasteiger partial charge in [0.1, 0.15) is 11.9 Å². The third kappa shape index (κ3) is 2.72. The SMILES string of the molecule is C=CCCC1=C(C(=O)OC)CC(C=C)O1. The lowest BCUT2D eigenvalue weighted by Crippen LogP contribution is -2.06. The Labute approximate surface area is 90.1 Å². The zero-order chi connectivity index (χ0) is 11.3. The van der Waals surface area contributed by atoms with Gasteiger partial charge in [0.05, 0.1) is 12.7 Å². The lowest BCUT2D eigenvalue weighted by molar-refractivity contribution is -0.136. The molecule has 0 aromatic rings. The zero-order valence-corrected chi connectivity index (χ0v) is 8.99. The number of rotatable bonds is 5. The summed E-state index contributed by atoms with van der Waals surface area (Å²) in [6.45, 7) is 7.29. The second-order valence-electron chi connectivity index (χ2n) is 3.32. The molecule has 0 fully saturated rings. The quantitative estimate of drug-likeness (QED) is 0.514. The smallest absolute Gasteiger partial charge is 0.337 e. The van der Waals surface area contributed by atoms with Gasteiger partial charge in [0.15, 0.2) is 0 Å². The standard InChI is InChI=1S/C12H16O3/c1-4-6-7-11-10(12(13)14-3)8-9(5-2)15-11/h4-5,9H,1-2,6-8H2,3H3. The molecule has 0 radical (unpaired) electrons. The van der Waals surface area contributed by atoms with Gasteiger partial charge in [-0.2, -0.15) is 0 Å². The fourth-order valence-electron chi connectivity index (χ4n) is 1.51. The number of allylic oxidation sites excluding steroid dienone is 2. The van der Waals surface area contributed by atoms with E-state index in [0.717, 1.165) is 6.42 Å². The zero-order valence-electron chi connectivity index (χ0n) is 8.99. The van der Waals surface area contributed by atoms with E-state index in [4.69, 9.17) is 9.47 Å². The van der Waals surface area contributed by atoms with Crippen LogP contribution in [0.2, 0.25) is 0 Å². The highest BCUT2D eigenvalue weighted by Crippen LogP contribution is 2.29. The molecule has 0 aliphatic carbocycles. The highest BCUT2D eigenvalue weighted by molar-refractivity contribution is 5.89. The fourth-order valence-corrected chi connectivity index (χ4v) is 1.51. The van der Waals surface area contributed by atoms with E-state index in [0.29, 0.717) is 24.2 Å². The molecule has 0 bridgehead atoms. The highest BCUT2D eigenvalue weighted by Gasteiger charge is 2.28. The summed E-state index contributed by atoms with van der Waals surface area (Å²) < 4.78 is 10.3. The van der Waals surface area contributed by atoms with Gasteiger partial charge >= 0.3 is 5.97 Å². The monoisotopic (exact) mass is 208 g/mol. The molecule has 3 heteroatoms. The number of methoxy groups -OCH3 is 1. The van der Waals surface area contributed by atoms with Gasteiger partial charge in [0.2, 0.25) is 0 Å². The van der Waals surface area contributed by atoms with Crippen LogP contribution in [0.5, 0.6) is 0 Å². The first-order valence-corrected chi connectivity index (χ1v) is 4.93. The largest absolute Gasteiger partial charge is 0.490 e. The topological polar surface area (TPSA) is 35.5 Å². The van der Waals surface area contributed by atoms with Gasteiger partial charge in [-0.3, -0.25) is 0 Å². The van der Waals surface area contributed by atoms with E-state index in [2.05, 4.69) is 13.2 Å². The molecular weight excluding hydrogens is 192 g/mol. The Bertz CT molecular complexity index is 302. The van der Waals surface area contributed by atoms with Crippen LogP contribution in [0.4, 0.5) is 0 Å². The van der Waals surface area contributed by atoms with E-state index in [9.17, 15) is 4.79 Å². The summed E-state index contributed by atoms with van der Waals surface area (Å²) in [5.41, 5.74) is 0.629. The van der Waals surface area contributed by atoms with Crippen molar-refractivity contribution in [3.63, 3.8) is 0 Å². The summed E-state index contributed by atoms with van der Waals surface area (Å²) in [5, 5.41) is 0. The molecule has 3 nitrogen and oxygen atoms in total. The van der Waals surface area contributed by atoms with Gasteiger partial charge < -0.3 is 9.47 Å². The van der Waals surface area contributed by atoms with Gasteiger partial charge in [0.25, 0.3) is 0 Å². The number of hydrogen-bond acceptors (Lipinski definition) is 3. The Hall–Kier alpha value is -1.51. The predicted octanol–water partition coefficient (Wildman–Crippen LogP) is 2.35. The normalized spacial score (nSPS) is 19.7. The number of carbonyl (C=O) groups is 1. The molecule has 1 heterocycles. The van der Waals surface area contributed by atoms with Crippen LogP contribution < -0.4 is 0 Å². The van der Waals surface area contributed by atoms with Crippen molar-refractivity contribution in [1.29, 1.82) is 0 Å². The summed E-state index contributed by atoms with van der Waals surface area (Å²) in [4.78, 5) is 11.4. The second kappa shape index (κ2) is 5.39. The summed E-state index contributed by atoms with van der Waals surface area (Å²) in [6, 6.07) is 0. The van der Waals surface area contributed by atoms with Crippen LogP contribution in [0.1, 0.15) is 19.3 Å². The average Bonchev–Trinajstić information content (AvgIpc) is 2.68. The lowest BCUT2D eigenvalue weighted by atomic mass is 10.1. The third-order valence-electron chi connectivity index (χ3n) is 2.31. The van der Waals surface area contributed by atoms with Crippen molar-refractivity contribution in [2.45, 2.75) is 25.4 Å². The van der Waals surface area contributed by atoms with Crippen molar-refractivity contribution >= 4 is 5.97 Å². The molecule has 1 rings (SSSR count). The van der Waals surface area contributed by atoms with Crippen LogP contribution in [0, 0.1) is 0 Å². The Morgan fingerprint density at radius 3 is 2.93 bits per heavy atom. The van der Waals surface area contributed by atoms with Gasteiger partial charge in [-0.25, -0.2) is 4.79 Å². The lowest BCUT2D eigenvalue weighted by Gasteiger charge is -2.07. The average molecular weight is 208 g/mol. The minimum atomic E-state index is -0.307. The van der Waals surface area contributed by atoms with Gasteiger partial charge in [0, 0.05) is 12.8 Å². The van der Waals surface area contributed by atoms with Crippen molar-refractivity contribution in [1.82, 2.24) is 0 Å². The molecule has 15 heavy (non-hydrogen) atoms. The maximum absolute atomic E-state index is 11.4. The maximum atomic E-state index is 11.4. The second-order valence-corrected chi connectivity index (χ2v) is 3.32. The molecule has 0 saturated heterocycles. The third-order valence-corrected chi connectivity index (χ3v) is 2.31. The Kier molecular flexibility index (Phi) is 4.16. The molecule has 0 N–H and O–H groups in total. The van der Waals surface area contributed by atoms with E-state index < -0.39 is 0 Å². The summed E-state index contributed by atoms with van der Waals surface area (Å²) in [7, 11) is 1.38. The Morgan fingerprint density at radius 1 is 1.67 bits per heavy atom. The van der Waals surface area contributed by atoms with Crippen molar-refractivity contribution in [3.8, 4) is 0 Å². The molecule has 0 spiro atoms. The van der Waals surface area contributed by atoms with Gasteiger partial charge in [-0.1, -0.05) is 18.7 Å². The minimum Gasteiger partial charge on any atom is -0.490 e. The molecule has 1 unspecified atom stereocenters. The minimum absolute atomic E-state index is 0.0982. The van der Waals surface area contributed by atoms with Crippen molar-refractivity contribution in [3.05, 3.63) is 36.6 Å². The molecule has 0 amide bonds. The van der Waals surface area contributed by atoms with E-state index in [1.54, 1.807) is 12.2 Å². The van der Waals surface area contributed by atoms with Crippen molar-refractivity contribution in [2.75, 3.05) is 7.11 Å². The van der Waals surface area contributed by atoms with Crippen LogP contribution in [0.15, 0.2) is 36.6 Å². The number of esters is 1. The maximum Gasteiger partial charge on any atom is 0.337 e. The van der Waals surface area contributed by atoms with Crippen LogP contribution in [-0.4, -0.2) is 19.2 Å². The Balaban J connectivity index is 2.76. The van der Waals surface area contributed by atoms with Crippen LogP contribution in [0.3, 0.4) is 0 Å². The van der Waals surface area contributed by atoms with E-state index in [1.165, 1.54) is 7.11 Å². The number of ether oxygens (including phenoxy) is 2. The van der Waals surface area contributed by atoms with Crippen molar-refractivity contribution in [2.24, 2.45) is 0 Å². The molecule has 1 aliphatic heterocycles. The molecule has 82 valence electrons. The van der Waals surface area contributed by atoms with Gasteiger partial charge in [-0.15, -0.1) is 6.58 Å². The molecule has 1 aliphatic rings. The van der Waals surface area contributed by atoms with Crippen molar-refractivity contribution < 1.29 is 14.3 Å². The van der Waals surface area contributed by atoms with Gasteiger partial charge in [-0.05, 0) is 6.42 Å². The molecular formula is C12H16O3. The molecule has 0 aromatic carbocycles. The number of carbonyl (C=O) groups excluding carboxylic acids is 1. The highest BCUT2D eigenvalue weighted by atomic mass is 16.5. The van der Waals surface area contributed by atoms with Crippen LogP contribution in [0.25, 0.3) is 0 Å². The first-order chi connectivity index (χ1) is 7.22. The first-order valence-electron chi connectivity index (χ1n) is 4.93. The molecule has 1 atom stereocenters. The Morgan fingerprint density at radius 2 is 2.40 bits per heavy atom. The van der Waals surface area contributed by atoms with E-state index >= 15 is 0 Å². The fraction of sp³-hybridized carbons (Fsp3) is 0.417.